The van der Waals surface area contributed by atoms with Gasteiger partial charge in [-0.2, -0.15) is 0 Å². The van der Waals surface area contributed by atoms with E-state index in [1.54, 1.807) is 7.11 Å². The Hall–Kier alpha value is -2.23. The van der Waals surface area contributed by atoms with E-state index in [0.29, 0.717) is 5.69 Å². The van der Waals surface area contributed by atoms with Crippen molar-refractivity contribution >= 4 is 11.5 Å². The number of aromatic nitrogens is 1. The monoisotopic (exact) mass is 257 g/mol. The first-order valence-corrected chi connectivity index (χ1v) is 6.24. The smallest absolute Gasteiger partial charge is 0.126 e. The van der Waals surface area contributed by atoms with Crippen LogP contribution in [0.15, 0.2) is 36.4 Å². The molecule has 0 saturated heterocycles. The molecule has 2 aromatic rings. The van der Waals surface area contributed by atoms with Gasteiger partial charge in [-0.3, -0.25) is 0 Å². The van der Waals surface area contributed by atoms with Crippen molar-refractivity contribution in [2.75, 3.05) is 18.2 Å². The van der Waals surface area contributed by atoms with E-state index in [-0.39, 0.29) is 6.04 Å². The number of benzene rings is 1. The van der Waals surface area contributed by atoms with Crippen LogP contribution in [-0.2, 0) is 0 Å². The number of nitrogens with zero attached hydrogens (tertiary/aromatic N) is 1. The van der Waals surface area contributed by atoms with Crippen LogP contribution >= 0.6 is 0 Å². The summed E-state index contributed by atoms with van der Waals surface area (Å²) >= 11 is 0. The lowest BCUT2D eigenvalue weighted by molar-refractivity contribution is 0.414. The predicted octanol–water partition coefficient (Wildman–Crippen LogP) is 3.15. The molecule has 1 atom stereocenters. The van der Waals surface area contributed by atoms with E-state index in [1.165, 1.54) is 5.56 Å². The summed E-state index contributed by atoms with van der Waals surface area (Å²) in [4.78, 5) is 4.41. The standard InChI is InChI=1S/C15H19N3O/c1-10(12-4-6-13(19-3)7-5-12)17-15-9-8-14(16)11(2)18-15/h4-10H,16H2,1-3H3,(H,17,18). The Kier molecular flexibility index (Phi) is 3.90. The van der Waals surface area contributed by atoms with Crippen LogP contribution in [0.4, 0.5) is 11.5 Å². The molecule has 4 nitrogen and oxygen atoms in total. The van der Waals surface area contributed by atoms with Crippen LogP contribution < -0.4 is 15.8 Å². The zero-order valence-corrected chi connectivity index (χ0v) is 11.5. The van der Waals surface area contributed by atoms with Crippen molar-refractivity contribution in [3.05, 3.63) is 47.7 Å². The van der Waals surface area contributed by atoms with Crippen LogP contribution in [0.3, 0.4) is 0 Å². The van der Waals surface area contributed by atoms with Crippen LogP contribution in [-0.4, -0.2) is 12.1 Å². The fourth-order valence-corrected chi connectivity index (χ4v) is 1.85. The normalized spacial score (nSPS) is 11.9. The maximum atomic E-state index is 5.76. The van der Waals surface area contributed by atoms with E-state index in [4.69, 9.17) is 10.5 Å². The number of pyridine rings is 1. The summed E-state index contributed by atoms with van der Waals surface area (Å²) < 4.78 is 5.15. The number of hydrogen-bond donors (Lipinski definition) is 2. The number of anilines is 2. The summed E-state index contributed by atoms with van der Waals surface area (Å²) in [5, 5.41) is 3.36. The molecule has 4 heteroatoms. The minimum Gasteiger partial charge on any atom is -0.497 e. The molecule has 0 saturated carbocycles. The van der Waals surface area contributed by atoms with Gasteiger partial charge in [0.2, 0.25) is 0 Å². The van der Waals surface area contributed by atoms with Gasteiger partial charge in [-0.25, -0.2) is 4.98 Å². The topological polar surface area (TPSA) is 60.2 Å². The van der Waals surface area contributed by atoms with Gasteiger partial charge < -0.3 is 15.8 Å². The molecular formula is C15H19N3O. The highest BCUT2D eigenvalue weighted by Gasteiger charge is 2.07. The average molecular weight is 257 g/mol. The summed E-state index contributed by atoms with van der Waals surface area (Å²) in [6, 6.07) is 11.9. The third kappa shape index (κ3) is 3.16. The molecule has 1 aromatic heterocycles. The summed E-state index contributed by atoms with van der Waals surface area (Å²) in [6.07, 6.45) is 0. The molecule has 0 radical (unpaired) electrons. The first-order chi connectivity index (χ1) is 9.10. The molecule has 19 heavy (non-hydrogen) atoms. The highest BCUT2D eigenvalue weighted by atomic mass is 16.5. The molecule has 2 rings (SSSR count). The van der Waals surface area contributed by atoms with Gasteiger partial charge >= 0.3 is 0 Å². The van der Waals surface area contributed by atoms with Crippen molar-refractivity contribution < 1.29 is 4.74 Å². The van der Waals surface area contributed by atoms with Crippen molar-refractivity contribution in [3.63, 3.8) is 0 Å². The number of ether oxygens (including phenoxy) is 1. The minimum atomic E-state index is 0.168. The summed E-state index contributed by atoms with van der Waals surface area (Å²) in [7, 11) is 1.66. The summed E-state index contributed by atoms with van der Waals surface area (Å²) in [5.41, 5.74) is 8.49. The second kappa shape index (κ2) is 5.61. The van der Waals surface area contributed by atoms with Crippen molar-refractivity contribution in [2.24, 2.45) is 0 Å². The van der Waals surface area contributed by atoms with Gasteiger partial charge in [-0.05, 0) is 43.7 Å². The Morgan fingerprint density at radius 3 is 2.42 bits per heavy atom. The molecule has 0 aliphatic rings. The fraction of sp³-hybridized carbons (Fsp3) is 0.267. The van der Waals surface area contributed by atoms with Crippen LogP contribution in [0, 0.1) is 6.92 Å². The molecule has 1 unspecified atom stereocenters. The van der Waals surface area contributed by atoms with Gasteiger partial charge in [-0.1, -0.05) is 12.1 Å². The van der Waals surface area contributed by atoms with Gasteiger partial charge in [0, 0.05) is 6.04 Å². The van der Waals surface area contributed by atoms with Gasteiger partial charge in [0.05, 0.1) is 18.5 Å². The Balaban J connectivity index is 2.10. The molecule has 3 N–H and O–H groups in total. The van der Waals surface area contributed by atoms with E-state index in [9.17, 15) is 0 Å². The number of aryl methyl sites for hydroxylation is 1. The second-order valence-corrected chi connectivity index (χ2v) is 4.51. The molecule has 1 heterocycles. The third-order valence-corrected chi connectivity index (χ3v) is 3.11. The van der Waals surface area contributed by atoms with Crippen molar-refractivity contribution in [3.8, 4) is 5.75 Å². The molecule has 100 valence electrons. The predicted molar refractivity (Wildman–Crippen MR) is 78.4 cm³/mol. The quantitative estimate of drug-likeness (QED) is 0.883. The second-order valence-electron chi connectivity index (χ2n) is 4.51. The molecule has 1 aromatic carbocycles. The van der Waals surface area contributed by atoms with Crippen molar-refractivity contribution in [1.82, 2.24) is 4.98 Å². The molecule has 0 amide bonds. The number of nitrogens with one attached hydrogen (secondary N) is 1. The number of rotatable bonds is 4. The third-order valence-electron chi connectivity index (χ3n) is 3.11. The maximum absolute atomic E-state index is 5.76. The first kappa shape index (κ1) is 13.2. The van der Waals surface area contributed by atoms with Crippen LogP contribution in [0.1, 0.15) is 24.2 Å². The van der Waals surface area contributed by atoms with Gasteiger partial charge in [0.1, 0.15) is 11.6 Å². The van der Waals surface area contributed by atoms with Crippen LogP contribution in [0.5, 0.6) is 5.75 Å². The Bertz CT molecular complexity index is 552. The lowest BCUT2D eigenvalue weighted by Crippen LogP contribution is -2.08. The van der Waals surface area contributed by atoms with Gasteiger partial charge in [-0.15, -0.1) is 0 Å². The van der Waals surface area contributed by atoms with E-state index < -0.39 is 0 Å². The van der Waals surface area contributed by atoms with Gasteiger partial charge in [0.25, 0.3) is 0 Å². The lowest BCUT2D eigenvalue weighted by atomic mass is 10.1. The Labute approximate surface area is 113 Å². The molecular weight excluding hydrogens is 238 g/mol. The van der Waals surface area contributed by atoms with E-state index in [1.807, 2.05) is 43.3 Å². The Morgan fingerprint density at radius 2 is 1.84 bits per heavy atom. The number of methoxy groups -OCH3 is 1. The summed E-state index contributed by atoms with van der Waals surface area (Å²) in [5.74, 6) is 1.69. The van der Waals surface area contributed by atoms with Crippen LogP contribution in [0.2, 0.25) is 0 Å². The number of hydrogen-bond acceptors (Lipinski definition) is 4. The van der Waals surface area contributed by atoms with E-state index in [0.717, 1.165) is 17.3 Å². The van der Waals surface area contributed by atoms with Crippen molar-refractivity contribution in [1.29, 1.82) is 0 Å². The summed E-state index contributed by atoms with van der Waals surface area (Å²) in [6.45, 7) is 3.99. The number of nitrogens with two attached hydrogens (primary N) is 1. The number of nitrogen functional groups attached to an aromatic ring is 1. The first-order valence-electron chi connectivity index (χ1n) is 6.24. The van der Waals surface area contributed by atoms with Crippen molar-refractivity contribution in [2.45, 2.75) is 19.9 Å². The molecule has 0 spiro atoms. The molecule has 0 bridgehead atoms. The highest BCUT2D eigenvalue weighted by molar-refractivity contribution is 5.50. The zero-order chi connectivity index (χ0) is 13.8. The van der Waals surface area contributed by atoms with E-state index in [2.05, 4.69) is 17.2 Å². The van der Waals surface area contributed by atoms with Gasteiger partial charge in [0.15, 0.2) is 0 Å². The fourth-order valence-electron chi connectivity index (χ4n) is 1.85. The maximum Gasteiger partial charge on any atom is 0.126 e. The Morgan fingerprint density at radius 1 is 1.16 bits per heavy atom. The average Bonchev–Trinajstić information content (AvgIpc) is 2.43. The van der Waals surface area contributed by atoms with Crippen LogP contribution in [0.25, 0.3) is 0 Å². The lowest BCUT2D eigenvalue weighted by Gasteiger charge is -2.16. The highest BCUT2D eigenvalue weighted by Crippen LogP contribution is 2.21. The molecule has 0 aliphatic carbocycles. The SMILES string of the molecule is COc1ccc(C(C)Nc2ccc(N)c(C)n2)cc1. The van der Waals surface area contributed by atoms with E-state index >= 15 is 0 Å². The minimum absolute atomic E-state index is 0.168. The zero-order valence-electron chi connectivity index (χ0n) is 11.5. The molecule has 0 aliphatic heterocycles. The molecule has 0 fully saturated rings. The largest absolute Gasteiger partial charge is 0.497 e.